The molecule has 0 radical (unpaired) electrons. The zero-order valence-corrected chi connectivity index (χ0v) is 15.9. The highest BCUT2D eigenvalue weighted by Crippen LogP contribution is 2.37. The van der Waals surface area contributed by atoms with Crippen LogP contribution in [-0.2, 0) is 6.42 Å². The first-order chi connectivity index (χ1) is 13.3. The fraction of sp³-hybridized carbons (Fsp3) is 0.375. The summed E-state index contributed by atoms with van der Waals surface area (Å²) in [5.74, 6) is 0.628. The van der Waals surface area contributed by atoms with Crippen LogP contribution in [0.15, 0.2) is 59.5 Å². The van der Waals surface area contributed by atoms with Crippen molar-refractivity contribution in [3.63, 3.8) is 0 Å². The van der Waals surface area contributed by atoms with Crippen molar-refractivity contribution in [3.8, 4) is 11.1 Å². The molecule has 3 aliphatic rings. The Morgan fingerprint density at radius 1 is 1.00 bits per heavy atom. The Hall–Kier alpha value is -2.39. The fourth-order valence-corrected chi connectivity index (χ4v) is 5.12. The van der Waals surface area contributed by atoms with E-state index in [-0.39, 0.29) is 5.56 Å². The molecular formula is C24H26N2O. The van der Waals surface area contributed by atoms with Crippen molar-refractivity contribution in [2.75, 3.05) is 19.6 Å². The van der Waals surface area contributed by atoms with Crippen LogP contribution >= 0.6 is 0 Å². The van der Waals surface area contributed by atoms with E-state index in [1.165, 1.54) is 42.6 Å². The number of hydrogen-bond acceptors (Lipinski definition) is 2. The minimum absolute atomic E-state index is 0.179. The van der Waals surface area contributed by atoms with E-state index in [0.29, 0.717) is 12.0 Å². The van der Waals surface area contributed by atoms with E-state index in [4.69, 9.17) is 0 Å². The molecule has 0 spiro atoms. The monoisotopic (exact) mass is 358 g/mol. The van der Waals surface area contributed by atoms with Gasteiger partial charge in [0.15, 0.2) is 0 Å². The van der Waals surface area contributed by atoms with Gasteiger partial charge in [-0.05, 0) is 60.8 Å². The lowest BCUT2D eigenvalue weighted by Crippen LogP contribution is -2.50. The number of pyridine rings is 1. The Bertz CT molecular complexity index is 1030. The molecule has 0 saturated carbocycles. The van der Waals surface area contributed by atoms with Crippen molar-refractivity contribution < 1.29 is 0 Å². The maximum atomic E-state index is 13.5. The SMILES string of the molecule is CCc1cccc2c(=O)n(C3CN4CCC3CC4)cc(-c3ccccc3)c12. The predicted octanol–water partition coefficient (Wildman–Crippen LogP) is 4.50. The molecule has 27 heavy (non-hydrogen) atoms. The first-order valence-electron chi connectivity index (χ1n) is 10.2. The van der Waals surface area contributed by atoms with Crippen LogP contribution in [0.1, 0.15) is 31.4 Å². The second-order valence-electron chi connectivity index (χ2n) is 8.02. The summed E-state index contributed by atoms with van der Waals surface area (Å²) >= 11 is 0. The van der Waals surface area contributed by atoms with Crippen molar-refractivity contribution in [1.29, 1.82) is 0 Å². The molecule has 6 rings (SSSR count). The zero-order valence-electron chi connectivity index (χ0n) is 15.9. The maximum absolute atomic E-state index is 13.5. The Balaban J connectivity index is 1.79. The highest BCUT2D eigenvalue weighted by atomic mass is 16.1. The lowest BCUT2D eigenvalue weighted by Gasteiger charge is -2.45. The van der Waals surface area contributed by atoms with Crippen molar-refractivity contribution >= 4 is 10.8 Å². The van der Waals surface area contributed by atoms with Crippen LogP contribution in [0.4, 0.5) is 0 Å². The van der Waals surface area contributed by atoms with Gasteiger partial charge in [-0.2, -0.15) is 0 Å². The minimum Gasteiger partial charge on any atom is -0.310 e. The van der Waals surface area contributed by atoms with Gasteiger partial charge in [0.25, 0.3) is 5.56 Å². The molecule has 4 heterocycles. The van der Waals surface area contributed by atoms with Crippen LogP contribution in [0.2, 0.25) is 0 Å². The van der Waals surface area contributed by atoms with Crippen molar-refractivity contribution in [2.24, 2.45) is 5.92 Å². The van der Waals surface area contributed by atoms with Crippen LogP contribution in [0, 0.1) is 5.92 Å². The van der Waals surface area contributed by atoms with Crippen molar-refractivity contribution in [3.05, 3.63) is 70.6 Å². The van der Waals surface area contributed by atoms with E-state index >= 15 is 0 Å². The summed E-state index contributed by atoms with van der Waals surface area (Å²) in [6.45, 7) is 5.56. The van der Waals surface area contributed by atoms with Gasteiger partial charge >= 0.3 is 0 Å². The van der Waals surface area contributed by atoms with Crippen LogP contribution in [0.3, 0.4) is 0 Å². The second kappa shape index (κ2) is 6.65. The molecule has 3 nitrogen and oxygen atoms in total. The Morgan fingerprint density at radius 2 is 1.78 bits per heavy atom. The summed E-state index contributed by atoms with van der Waals surface area (Å²) in [7, 11) is 0. The number of benzene rings is 2. The molecule has 0 aliphatic carbocycles. The summed E-state index contributed by atoms with van der Waals surface area (Å²) in [6.07, 6.45) is 5.52. The maximum Gasteiger partial charge on any atom is 0.258 e. The number of rotatable bonds is 3. The minimum atomic E-state index is 0.179. The molecule has 3 aliphatic heterocycles. The van der Waals surface area contributed by atoms with Crippen LogP contribution in [0.25, 0.3) is 21.9 Å². The highest BCUT2D eigenvalue weighted by molar-refractivity contribution is 5.98. The van der Waals surface area contributed by atoms with Gasteiger partial charge in [0.05, 0.1) is 6.04 Å². The van der Waals surface area contributed by atoms with Gasteiger partial charge in [0.2, 0.25) is 0 Å². The molecule has 1 aromatic heterocycles. The second-order valence-corrected chi connectivity index (χ2v) is 8.02. The number of hydrogen-bond donors (Lipinski definition) is 0. The lowest BCUT2D eigenvalue weighted by molar-refractivity contribution is 0.0557. The summed E-state index contributed by atoms with van der Waals surface area (Å²) in [4.78, 5) is 16.0. The first kappa shape index (κ1) is 16.8. The molecule has 2 aromatic carbocycles. The van der Waals surface area contributed by atoms with Gasteiger partial charge in [-0.25, -0.2) is 0 Å². The largest absolute Gasteiger partial charge is 0.310 e. The third-order valence-corrected chi connectivity index (χ3v) is 6.60. The third-order valence-electron chi connectivity index (χ3n) is 6.60. The van der Waals surface area contributed by atoms with Gasteiger partial charge in [-0.1, -0.05) is 49.4 Å². The number of aromatic nitrogens is 1. The lowest BCUT2D eigenvalue weighted by atomic mass is 9.83. The van der Waals surface area contributed by atoms with Gasteiger partial charge < -0.3 is 9.47 Å². The van der Waals surface area contributed by atoms with Gasteiger partial charge in [0, 0.05) is 23.7 Å². The molecule has 3 aromatic rings. The third kappa shape index (κ3) is 2.72. The van der Waals surface area contributed by atoms with E-state index in [0.717, 1.165) is 23.7 Å². The van der Waals surface area contributed by atoms with Crippen molar-refractivity contribution in [1.82, 2.24) is 9.47 Å². The summed E-state index contributed by atoms with van der Waals surface area (Å²) in [6, 6.07) is 17.1. The summed E-state index contributed by atoms with van der Waals surface area (Å²) in [5.41, 5.74) is 3.82. The van der Waals surface area contributed by atoms with Crippen LogP contribution in [0.5, 0.6) is 0 Å². The van der Waals surface area contributed by atoms with Crippen molar-refractivity contribution in [2.45, 2.75) is 32.2 Å². The van der Waals surface area contributed by atoms with Crippen LogP contribution in [-0.4, -0.2) is 29.1 Å². The predicted molar refractivity (Wildman–Crippen MR) is 111 cm³/mol. The fourth-order valence-electron chi connectivity index (χ4n) is 5.12. The normalized spacial score (nSPS) is 24.4. The average Bonchev–Trinajstić information content (AvgIpc) is 2.75. The van der Waals surface area contributed by atoms with E-state index in [2.05, 4.69) is 59.0 Å². The number of aryl methyl sites for hydroxylation is 1. The van der Waals surface area contributed by atoms with Gasteiger partial charge in [-0.3, -0.25) is 4.79 Å². The molecule has 3 fully saturated rings. The molecular weight excluding hydrogens is 332 g/mol. The number of piperidine rings is 3. The average molecular weight is 358 g/mol. The standard InChI is InChI=1S/C24H26N2O/c1-2-17-9-6-10-20-23(17)21(18-7-4-3-5-8-18)15-26(24(20)27)22-16-25-13-11-19(22)12-14-25/h3-10,15,19,22H,2,11-14,16H2,1H3. The smallest absolute Gasteiger partial charge is 0.258 e. The Labute approximate surface area is 160 Å². The topological polar surface area (TPSA) is 25.2 Å². The van der Waals surface area contributed by atoms with Crippen LogP contribution < -0.4 is 5.56 Å². The first-order valence-corrected chi connectivity index (χ1v) is 10.2. The number of nitrogens with zero attached hydrogens (tertiary/aromatic N) is 2. The number of fused-ring (bicyclic) bond motifs is 4. The molecule has 138 valence electrons. The Kier molecular flexibility index (Phi) is 4.13. The molecule has 2 bridgehead atoms. The van der Waals surface area contributed by atoms with E-state index in [9.17, 15) is 4.79 Å². The van der Waals surface area contributed by atoms with E-state index < -0.39 is 0 Å². The molecule has 3 heteroatoms. The quantitative estimate of drug-likeness (QED) is 0.689. The van der Waals surface area contributed by atoms with Gasteiger partial charge in [0.1, 0.15) is 0 Å². The zero-order chi connectivity index (χ0) is 18.4. The van der Waals surface area contributed by atoms with E-state index in [1.807, 2.05) is 12.1 Å². The molecule has 1 atom stereocenters. The molecule has 0 amide bonds. The highest BCUT2D eigenvalue weighted by Gasteiger charge is 2.36. The van der Waals surface area contributed by atoms with E-state index in [1.54, 1.807) is 0 Å². The van der Waals surface area contributed by atoms with Gasteiger partial charge in [-0.15, -0.1) is 0 Å². The summed E-state index contributed by atoms with van der Waals surface area (Å²) < 4.78 is 2.07. The summed E-state index contributed by atoms with van der Waals surface area (Å²) in [5, 5.41) is 2.00. The molecule has 0 N–H and O–H groups in total. The Morgan fingerprint density at radius 3 is 2.44 bits per heavy atom. The molecule has 3 saturated heterocycles. The molecule has 1 unspecified atom stereocenters.